The summed E-state index contributed by atoms with van der Waals surface area (Å²) in [6.07, 6.45) is 18.6. The van der Waals surface area contributed by atoms with E-state index in [0.29, 0.717) is 11.3 Å². The van der Waals surface area contributed by atoms with Gasteiger partial charge in [0.05, 0.1) is 0 Å². The second-order valence-corrected chi connectivity index (χ2v) is 9.37. The predicted octanol–water partition coefficient (Wildman–Crippen LogP) is 7.38. The highest BCUT2D eigenvalue weighted by atomic mass is 14.6. The molecule has 7 atom stereocenters. The van der Waals surface area contributed by atoms with Gasteiger partial charge in [-0.05, 0) is 98.4 Å². The summed E-state index contributed by atoms with van der Waals surface area (Å²) >= 11 is 0. The third-order valence-electron chi connectivity index (χ3n) is 8.40. The topological polar surface area (TPSA) is 23.9 Å². The van der Waals surface area contributed by atoms with E-state index in [1.54, 1.807) is 5.57 Å². The van der Waals surface area contributed by atoms with Gasteiger partial charge in [0.15, 0.2) is 0 Å². The van der Waals surface area contributed by atoms with Gasteiger partial charge in [0.2, 0.25) is 0 Å². The first-order valence-corrected chi connectivity index (χ1v) is 11.2. The van der Waals surface area contributed by atoms with Crippen LogP contribution in [0.1, 0.15) is 65.2 Å². The number of hydrogen-bond acceptors (Lipinski definition) is 1. The summed E-state index contributed by atoms with van der Waals surface area (Å²) in [6, 6.07) is 0. The van der Waals surface area contributed by atoms with Crippen LogP contribution < -0.4 is 0 Å². The average molecular weight is 366 g/mol. The van der Waals surface area contributed by atoms with Gasteiger partial charge in [0.1, 0.15) is 0 Å². The predicted molar refractivity (Wildman–Crippen MR) is 118 cm³/mol. The lowest BCUT2D eigenvalue weighted by Crippen LogP contribution is -2.49. The van der Waals surface area contributed by atoms with Crippen LogP contribution in [-0.2, 0) is 0 Å². The van der Waals surface area contributed by atoms with Crippen molar-refractivity contribution in [1.29, 1.82) is 5.41 Å². The highest BCUT2D eigenvalue weighted by Crippen LogP contribution is 2.65. The summed E-state index contributed by atoms with van der Waals surface area (Å²) in [4.78, 5) is 0. The molecule has 0 saturated heterocycles. The van der Waals surface area contributed by atoms with Gasteiger partial charge in [0, 0.05) is 5.71 Å². The fourth-order valence-electron chi connectivity index (χ4n) is 7.01. The lowest BCUT2D eigenvalue weighted by atomic mass is 9.48. The molecule has 148 valence electrons. The van der Waals surface area contributed by atoms with Crippen molar-refractivity contribution in [2.24, 2.45) is 40.9 Å². The van der Waals surface area contributed by atoms with Gasteiger partial charge in [-0.2, -0.15) is 0 Å². The number of rotatable bonds is 3. The Bertz CT molecular complexity index is 626. The molecular formula is C26H39N. The van der Waals surface area contributed by atoms with Gasteiger partial charge in [-0.3, -0.25) is 0 Å². The van der Waals surface area contributed by atoms with Crippen LogP contribution in [0, 0.1) is 46.3 Å². The Balaban J connectivity index is 0.000000481. The van der Waals surface area contributed by atoms with Crippen molar-refractivity contribution in [1.82, 2.24) is 0 Å². The van der Waals surface area contributed by atoms with E-state index in [1.807, 2.05) is 6.08 Å². The molecule has 1 nitrogen and oxygen atoms in total. The van der Waals surface area contributed by atoms with Crippen LogP contribution in [0.2, 0.25) is 0 Å². The van der Waals surface area contributed by atoms with Gasteiger partial charge in [-0.15, -0.1) is 19.7 Å². The van der Waals surface area contributed by atoms with E-state index in [2.05, 4.69) is 51.8 Å². The molecule has 3 fully saturated rings. The Hall–Kier alpha value is -1.37. The van der Waals surface area contributed by atoms with Crippen LogP contribution in [0.15, 0.2) is 49.6 Å². The molecule has 0 bridgehead atoms. The number of allylic oxidation sites excluding steroid dienone is 5. The minimum Gasteiger partial charge on any atom is -0.305 e. The molecule has 0 aromatic carbocycles. The highest BCUT2D eigenvalue weighted by molar-refractivity contribution is 5.93. The van der Waals surface area contributed by atoms with Crippen LogP contribution in [0.5, 0.6) is 0 Å². The summed E-state index contributed by atoms with van der Waals surface area (Å²) in [7, 11) is 0. The fourth-order valence-corrected chi connectivity index (χ4v) is 7.01. The Morgan fingerprint density at radius 1 is 1.19 bits per heavy atom. The largest absolute Gasteiger partial charge is 0.305 e. The normalized spacial score (nSPS) is 42.4. The highest BCUT2D eigenvalue weighted by Gasteiger charge is 2.57. The van der Waals surface area contributed by atoms with Gasteiger partial charge in [-0.1, -0.05) is 37.6 Å². The molecule has 3 saturated carbocycles. The van der Waals surface area contributed by atoms with Crippen molar-refractivity contribution in [2.45, 2.75) is 65.2 Å². The van der Waals surface area contributed by atoms with Crippen molar-refractivity contribution in [3.8, 4) is 0 Å². The van der Waals surface area contributed by atoms with E-state index in [4.69, 9.17) is 5.41 Å². The first-order chi connectivity index (χ1) is 13.0. The number of hydrogen-bond donors (Lipinski definition) is 1. The van der Waals surface area contributed by atoms with Gasteiger partial charge in [0.25, 0.3) is 0 Å². The summed E-state index contributed by atoms with van der Waals surface area (Å²) in [5.41, 5.74) is 2.82. The van der Waals surface area contributed by atoms with Crippen LogP contribution in [0.25, 0.3) is 0 Å². The molecule has 0 radical (unpaired) electrons. The third-order valence-corrected chi connectivity index (χ3v) is 8.40. The third kappa shape index (κ3) is 3.43. The first-order valence-electron chi connectivity index (χ1n) is 11.2. The van der Waals surface area contributed by atoms with Gasteiger partial charge in [-0.25, -0.2) is 0 Å². The standard InChI is InChI=1S/C22H31N.C4H8/c1-4-15-12-16-13-17(23)7-8-18(16)19-10-11-22(5-2)14(3)6-9-20(22)21(15)19;1-3-4-2/h4-5,13-15,18-21,23H,1-2,6-12H2,3H3;3H,1,4H2,2H3. The SMILES string of the molecule is C=CC1CC2=CC(=N)CCC2C2CCC3(C=C)C(C)CCC3C12.C=CCC. The summed E-state index contributed by atoms with van der Waals surface area (Å²) in [5.74, 6) is 4.62. The Morgan fingerprint density at radius 2 is 1.93 bits per heavy atom. The van der Waals surface area contributed by atoms with Crippen molar-refractivity contribution in [2.75, 3.05) is 0 Å². The van der Waals surface area contributed by atoms with Crippen LogP contribution in [0.3, 0.4) is 0 Å². The molecule has 4 aliphatic carbocycles. The van der Waals surface area contributed by atoms with Gasteiger partial charge < -0.3 is 5.41 Å². The zero-order valence-corrected chi connectivity index (χ0v) is 17.6. The van der Waals surface area contributed by atoms with E-state index in [0.717, 1.165) is 54.6 Å². The van der Waals surface area contributed by atoms with Crippen molar-refractivity contribution < 1.29 is 0 Å². The van der Waals surface area contributed by atoms with E-state index < -0.39 is 0 Å². The molecule has 7 unspecified atom stereocenters. The summed E-state index contributed by atoms with van der Waals surface area (Å²) in [6.45, 7) is 16.5. The van der Waals surface area contributed by atoms with Crippen LogP contribution >= 0.6 is 0 Å². The van der Waals surface area contributed by atoms with Crippen LogP contribution in [-0.4, -0.2) is 5.71 Å². The van der Waals surface area contributed by atoms with E-state index in [-0.39, 0.29) is 0 Å². The van der Waals surface area contributed by atoms with Gasteiger partial charge >= 0.3 is 0 Å². The second-order valence-electron chi connectivity index (χ2n) is 9.37. The van der Waals surface area contributed by atoms with Crippen LogP contribution in [0.4, 0.5) is 0 Å². The van der Waals surface area contributed by atoms with E-state index >= 15 is 0 Å². The molecule has 0 spiro atoms. The molecule has 4 rings (SSSR count). The van der Waals surface area contributed by atoms with E-state index in [9.17, 15) is 0 Å². The molecule has 0 aliphatic heterocycles. The Kier molecular flexibility index (Phi) is 6.28. The molecule has 0 aromatic rings. The second kappa shape index (κ2) is 8.33. The molecule has 1 N–H and O–H groups in total. The smallest absolute Gasteiger partial charge is 0.0313 e. The molecule has 0 aromatic heterocycles. The van der Waals surface area contributed by atoms with Crippen molar-refractivity contribution in [3.05, 3.63) is 49.6 Å². The van der Waals surface area contributed by atoms with Crippen molar-refractivity contribution in [3.63, 3.8) is 0 Å². The minimum atomic E-state index is 0.394. The molecule has 27 heavy (non-hydrogen) atoms. The molecule has 4 aliphatic rings. The monoisotopic (exact) mass is 365 g/mol. The zero-order chi connectivity index (χ0) is 19.6. The summed E-state index contributed by atoms with van der Waals surface area (Å²) < 4.78 is 0. The first kappa shape index (κ1) is 20.4. The fraction of sp³-hybridized carbons (Fsp3) is 0.654. The maximum Gasteiger partial charge on any atom is 0.0313 e. The lowest BCUT2D eigenvalue weighted by Gasteiger charge is -2.56. The maximum atomic E-state index is 8.06. The number of fused-ring (bicyclic) bond motifs is 5. The lowest BCUT2D eigenvalue weighted by molar-refractivity contribution is -0.0192. The molecular weight excluding hydrogens is 326 g/mol. The van der Waals surface area contributed by atoms with Crippen molar-refractivity contribution >= 4 is 5.71 Å². The Morgan fingerprint density at radius 3 is 2.56 bits per heavy atom. The summed E-state index contributed by atoms with van der Waals surface area (Å²) in [5, 5.41) is 8.06. The maximum absolute atomic E-state index is 8.06. The minimum absolute atomic E-state index is 0.394. The van der Waals surface area contributed by atoms with E-state index in [1.165, 1.54) is 32.1 Å². The number of nitrogens with one attached hydrogen (secondary N) is 1. The zero-order valence-electron chi connectivity index (χ0n) is 17.6. The molecule has 0 heterocycles. The molecule has 0 amide bonds. The quantitative estimate of drug-likeness (QED) is 0.505. The molecule has 1 heteroatoms. The average Bonchev–Trinajstić information content (AvgIpc) is 3.04. The Labute approximate surface area is 167 Å².